The van der Waals surface area contributed by atoms with E-state index >= 15 is 0 Å². The fraction of sp³-hybridized carbons (Fsp3) is 0.417. The smallest absolute Gasteiger partial charge is 0.339 e. The molecule has 98 valence electrons. The molecule has 0 amide bonds. The average Bonchev–Trinajstić information content (AvgIpc) is 2.39. The number of rotatable bonds is 6. The Morgan fingerprint density at radius 3 is 2.67 bits per heavy atom. The quantitative estimate of drug-likeness (QED) is 0.702. The highest BCUT2D eigenvalue weighted by atomic mass is 16.6. The lowest BCUT2D eigenvalue weighted by atomic mass is 10.2. The van der Waals surface area contributed by atoms with Crippen LogP contribution in [0.3, 0.4) is 0 Å². The van der Waals surface area contributed by atoms with Crippen LogP contribution in [0.4, 0.5) is 0 Å². The summed E-state index contributed by atoms with van der Waals surface area (Å²) < 4.78 is 14.4. The number of esters is 2. The van der Waals surface area contributed by atoms with Crippen LogP contribution in [0.5, 0.6) is 0 Å². The predicted molar refractivity (Wildman–Crippen MR) is 61.9 cm³/mol. The molecule has 0 radical (unpaired) electrons. The molecule has 6 nitrogen and oxygen atoms in total. The van der Waals surface area contributed by atoms with E-state index in [1.54, 1.807) is 19.1 Å². The molecule has 0 unspecified atom stereocenters. The van der Waals surface area contributed by atoms with E-state index in [0.717, 1.165) is 0 Å². The number of nitrogens with zero attached hydrogens (tertiary/aromatic N) is 1. The second-order valence-electron chi connectivity index (χ2n) is 3.33. The molecule has 1 heterocycles. The molecule has 0 aliphatic rings. The van der Waals surface area contributed by atoms with Gasteiger partial charge >= 0.3 is 11.9 Å². The Labute approximate surface area is 105 Å². The molecule has 0 bridgehead atoms. The van der Waals surface area contributed by atoms with Gasteiger partial charge in [0.05, 0.1) is 31.6 Å². The van der Waals surface area contributed by atoms with Gasteiger partial charge in [0, 0.05) is 6.20 Å². The summed E-state index contributed by atoms with van der Waals surface area (Å²) in [5.74, 6) is -0.856. The van der Waals surface area contributed by atoms with Gasteiger partial charge in [0.15, 0.2) is 0 Å². The Morgan fingerprint density at radius 1 is 1.33 bits per heavy atom. The highest BCUT2D eigenvalue weighted by Gasteiger charge is 2.06. The SMILES string of the molecule is CCOC(=O)COCc1ccc(C(=O)OC)cn1. The Bertz CT molecular complexity index is 401. The lowest BCUT2D eigenvalue weighted by Gasteiger charge is -2.04. The Hall–Kier alpha value is -1.95. The molecule has 0 spiro atoms. The first-order valence-corrected chi connectivity index (χ1v) is 5.44. The van der Waals surface area contributed by atoms with Crippen LogP contribution in [0.25, 0.3) is 0 Å². The minimum absolute atomic E-state index is 0.117. The highest BCUT2D eigenvalue weighted by molar-refractivity contribution is 5.88. The van der Waals surface area contributed by atoms with Crippen LogP contribution in [0.1, 0.15) is 23.0 Å². The van der Waals surface area contributed by atoms with E-state index < -0.39 is 11.9 Å². The van der Waals surface area contributed by atoms with Crippen molar-refractivity contribution in [3.8, 4) is 0 Å². The minimum Gasteiger partial charge on any atom is -0.465 e. The number of carbonyl (C=O) groups excluding carboxylic acids is 2. The van der Waals surface area contributed by atoms with Gasteiger partial charge in [0.1, 0.15) is 6.61 Å². The van der Waals surface area contributed by atoms with Crippen LogP contribution in [0.15, 0.2) is 18.3 Å². The first kappa shape index (κ1) is 14.1. The van der Waals surface area contributed by atoms with E-state index in [1.165, 1.54) is 13.3 Å². The first-order chi connectivity index (χ1) is 8.67. The zero-order valence-corrected chi connectivity index (χ0v) is 10.3. The summed E-state index contributed by atoms with van der Waals surface area (Å²) in [5.41, 5.74) is 0.985. The second kappa shape index (κ2) is 7.39. The summed E-state index contributed by atoms with van der Waals surface area (Å²) in [4.78, 5) is 26.1. The van der Waals surface area contributed by atoms with Gasteiger partial charge in [-0.2, -0.15) is 0 Å². The molecule has 1 rings (SSSR count). The molecule has 0 aliphatic carbocycles. The van der Waals surface area contributed by atoms with Crippen LogP contribution in [0.2, 0.25) is 0 Å². The summed E-state index contributed by atoms with van der Waals surface area (Å²) in [7, 11) is 1.30. The van der Waals surface area contributed by atoms with Crippen molar-refractivity contribution < 1.29 is 23.8 Å². The van der Waals surface area contributed by atoms with Gasteiger partial charge in [-0.3, -0.25) is 4.98 Å². The third-order valence-corrected chi connectivity index (χ3v) is 2.02. The molecular formula is C12H15NO5. The van der Waals surface area contributed by atoms with Gasteiger partial charge in [-0.25, -0.2) is 9.59 Å². The molecule has 6 heteroatoms. The number of hydrogen-bond acceptors (Lipinski definition) is 6. The highest BCUT2D eigenvalue weighted by Crippen LogP contribution is 2.03. The van der Waals surface area contributed by atoms with E-state index in [9.17, 15) is 9.59 Å². The zero-order valence-electron chi connectivity index (χ0n) is 10.3. The number of carbonyl (C=O) groups is 2. The number of hydrogen-bond donors (Lipinski definition) is 0. The lowest BCUT2D eigenvalue weighted by Crippen LogP contribution is -2.12. The largest absolute Gasteiger partial charge is 0.465 e. The lowest BCUT2D eigenvalue weighted by molar-refractivity contribution is -0.148. The summed E-state index contributed by atoms with van der Waals surface area (Å²) in [6.45, 7) is 2.12. The van der Waals surface area contributed by atoms with Crippen molar-refractivity contribution >= 4 is 11.9 Å². The first-order valence-electron chi connectivity index (χ1n) is 5.44. The summed E-state index contributed by atoms with van der Waals surface area (Å²) in [6, 6.07) is 3.22. The second-order valence-corrected chi connectivity index (χ2v) is 3.33. The van der Waals surface area contributed by atoms with E-state index in [-0.39, 0.29) is 13.2 Å². The Morgan fingerprint density at radius 2 is 2.11 bits per heavy atom. The fourth-order valence-electron chi connectivity index (χ4n) is 1.19. The van der Waals surface area contributed by atoms with Crippen molar-refractivity contribution in [1.29, 1.82) is 0 Å². The van der Waals surface area contributed by atoms with Gasteiger partial charge < -0.3 is 14.2 Å². The van der Waals surface area contributed by atoms with Gasteiger partial charge in [0.2, 0.25) is 0 Å². The Kier molecular flexibility index (Phi) is 5.79. The van der Waals surface area contributed by atoms with Crippen LogP contribution in [-0.4, -0.2) is 37.2 Å². The summed E-state index contributed by atoms with van der Waals surface area (Å²) in [5, 5.41) is 0. The molecular weight excluding hydrogens is 238 g/mol. The van der Waals surface area contributed by atoms with Crippen molar-refractivity contribution in [2.24, 2.45) is 0 Å². The van der Waals surface area contributed by atoms with Gasteiger partial charge in [-0.15, -0.1) is 0 Å². The van der Waals surface area contributed by atoms with E-state index in [1.807, 2.05) is 0 Å². The van der Waals surface area contributed by atoms with E-state index in [0.29, 0.717) is 17.9 Å². The van der Waals surface area contributed by atoms with Gasteiger partial charge in [0.25, 0.3) is 0 Å². The number of ether oxygens (including phenoxy) is 3. The van der Waals surface area contributed by atoms with E-state index in [2.05, 4.69) is 9.72 Å². The number of methoxy groups -OCH3 is 1. The van der Waals surface area contributed by atoms with Crippen LogP contribution < -0.4 is 0 Å². The maximum atomic E-state index is 11.1. The Balaban J connectivity index is 2.40. The van der Waals surface area contributed by atoms with Crippen molar-refractivity contribution in [2.75, 3.05) is 20.3 Å². The van der Waals surface area contributed by atoms with Gasteiger partial charge in [-0.05, 0) is 19.1 Å². The molecule has 0 aromatic carbocycles. The topological polar surface area (TPSA) is 74.7 Å². The third-order valence-electron chi connectivity index (χ3n) is 2.02. The molecule has 1 aromatic heterocycles. The molecule has 0 saturated heterocycles. The van der Waals surface area contributed by atoms with Crippen LogP contribution in [-0.2, 0) is 25.6 Å². The molecule has 0 saturated carbocycles. The summed E-state index contributed by atoms with van der Waals surface area (Å²) in [6.07, 6.45) is 1.40. The fourth-order valence-corrected chi connectivity index (χ4v) is 1.19. The number of pyridine rings is 1. The number of aromatic nitrogens is 1. The molecule has 1 aromatic rings. The standard InChI is InChI=1S/C12H15NO5/c1-3-18-11(14)8-17-7-10-5-4-9(6-13-10)12(15)16-2/h4-6H,3,7-8H2,1-2H3. The summed E-state index contributed by atoms with van der Waals surface area (Å²) >= 11 is 0. The minimum atomic E-state index is -0.443. The van der Waals surface area contributed by atoms with Crippen molar-refractivity contribution in [3.05, 3.63) is 29.6 Å². The normalized spacial score (nSPS) is 9.89. The van der Waals surface area contributed by atoms with Crippen LogP contribution in [0, 0.1) is 0 Å². The zero-order chi connectivity index (χ0) is 13.4. The molecule has 0 aliphatic heterocycles. The molecule has 0 N–H and O–H groups in total. The predicted octanol–water partition coefficient (Wildman–Crippen LogP) is 0.948. The van der Waals surface area contributed by atoms with Gasteiger partial charge in [-0.1, -0.05) is 0 Å². The monoisotopic (exact) mass is 253 g/mol. The van der Waals surface area contributed by atoms with Crippen molar-refractivity contribution in [2.45, 2.75) is 13.5 Å². The molecule has 0 atom stereocenters. The third kappa shape index (κ3) is 4.50. The maximum absolute atomic E-state index is 11.1. The van der Waals surface area contributed by atoms with Crippen molar-refractivity contribution in [1.82, 2.24) is 4.98 Å². The average molecular weight is 253 g/mol. The molecule has 18 heavy (non-hydrogen) atoms. The molecule has 0 fully saturated rings. The van der Waals surface area contributed by atoms with Crippen molar-refractivity contribution in [3.63, 3.8) is 0 Å². The maximum Gasteiger partial charge on any atom is 0.339 e. The van der Waals surface area contributed by atoms with Crippen LogP contribution >= 0.6 is 0 Å². The van der Waals surface area contributed by atoms with E-state index in [4.69, 9.17) is 9.47 Å².